The molecule has 0 bridgehead atoms. The Balaban J connectivity index is 2.60. The maximum absolute atomic E-state index is 6.03. The standard InChI is InChI=1S/C11H14ClN/c1-11(2)6-10(13)8-4-3-7(12)5-9(8)11/h3-5,10H,6,13H2,1-2H3. The van der Waals surface area contributed by atoms with Gasteiger partial charge in [0.2, 0.25) is 0 Å². The number of rotatable bonds is 0. The molecule has 2 N–H and O–H groups in total. The van der Waals surface area contributed by atoms with Crippen LogP contribution in [0.4, 0.5) is 0 Å². The Hall–Kier alpha value is -0.530. The fraction of sp³-hybridized carbons (Fsp3) is 0.455. The van der Waals surface area contributed by atoms with Crippen LogP contribution in [0, 0.1) is 0 Å². The highest BCUT2D eigenvalue weighted by molar-refractivity contribution is 6.30. The van der Waals surface area contributed by atoms with Crippen LogP contribution in [0.5, 0.6) is 0 Å². The number of hydrogen-bond donors (Lipinski definition) is 1. The molecule has 0 amide bonds. The van der Waals surface area contributed by atoms with Gasteiger partial charge in [-0.25, -0.2) is 0 Å². The van der Waals surface area contributed by atoms with Gasteiger partial charge in [0, 0.05) is 11.1 Å². The lowest BCUT2D eigenvalue weighted by Crippen LogP contribution is -2.14. The smallest absolute Gasteiger partial charge is 0.0409 e. The van der Waals surface area contributed by atoms with Gasteiger partial charge >= 0.3 is 0 Å². The Bertz CT molecular complexity index is 344. The second kappa shape index (κ2) is 2.73. The zero-order valence-electron chi connectivity index (χ0n) is 7.97. The van der Waals surface area contributed by atoms with Crippen molar-refractivity contribution in [3.63, 3.8) is 0 Å². The molecule has 0 saturated heterocycles. The first-order chi connectivity index (χ1) is 6.00. The third-order valence-corrected chi connectivity index (χ3v) is 3.11. The third kappa shape index (κ3) is 1.36. The Kier molecular flexibility index (Phi) is 1.90. The molecule has 0 aliphatic heterocycles. The summed E-state index contributed by atoms with van der Waals surface area (Å²) in [6.07, 6.45) is 1.02. The van der Waals surface area contributed by atoms with Crippen LogP contribution in [0.25, 0.3) is 0 Å². The van der Waals surface area contributed by atoms with Gasteiger partial charge in [-0.05, 0) is 35.1 Å². The average Bonchev–Trinajstić information content (AvgIpc) is 2.23. The molecular formula is C11H14ClN. The molecule has 0 aromatic heterocycles. The zero-order valence-corrected chi connectivity index (χ0v) is 8.73. The molecule has 1 aromatic rings. The van der Waals surface area contributed by atoms with Gasteiger partial charge in [-0.2, -0.15) is 0 Å². The Morgan fingerprint density at radius 2 is 2.15 bits per heavy atom. The summed E-state index contributed by atoms with van der Waals surface area (Å²) in [5.41, 5.74) is 8.78. The summed E-state index contributed by atoms with van der Waals surface area (Å²) in [4.78, 5) is 0. The highest BCUT2D eigenvalue weighted by Gasteiger charge is 2.34. The van der Waals surface area contributed by atoms with Crippen molar-refractivity contribution in [1.29, 1.82) is 0 Å². The van der Waals surface area contributed by atoms with Crippen molar-refractivity contribution in [3.8, 4) is 0 Å². The number of fused-ring (bicyclic) bond motifs is 1. The molecule has 1 aliphatic rings. The van der Waals surface area contributed by atoms with Crippen LogP contribution in [0.3, 0.4) is 0 Å². The fourth-order valence-corrected chi connectivity index (χ4v) is 2.38. The van der Waals surface area contributed by atoms with Gasteiger partial charge in [-0.1, -0.05) is 31.5 Å². The largest absolute Gasteiger partial charge is 0.324 e. The summed E-state index contributed by atoms with van der Waals surface area (Å²) in [5, 5.41) is 0.806. The van der Waals surface area contributed by atoms with Crippen LogP contribution in [-0.2, 0) is 5.41 Å². The molecule has 13 heavy (non-hydrogen) atoms. The van der Waals surface area contributed by atoms with Crippen molar-refractivity contribution in [2.24, 2.45) is 5.73 Å². The Labute approximate surface area is 83.9 Å². The van der Waals surface area contributed by atoms with E-state index < -0.39 is 0 Å². The van der Waals surface area contributed by atoms with E-state index in [2.05, 4.69) is 19.9 Å². The van der Waals surface area contributed by atoms with Crippen molar-refractivity contribution in [2.75, 3.05) is 0 Å². The lowest BCUT2D eigenvalue weighted by atomic mass is 9.86. The van der Waals surface area contributed by atoms with Crippen molar-refractivity contribution < 1.29 is 0 Å². The second-order valence-electron chi connectivity index (χ2n) is 4.43. The van der Waals surface area contributed by atoms with E-state index in [-0.39, 0.29) is 11.5 Å². The molecule has 0 radical (unpaired) electrons. The van der Waals surface area contributed by atoms with Crippen LogP contribution < -0.4 is 5.73 Å². The number of nitrogens with two attached hydrogens (primary N) is 1. The molecule has 0 spiro atoms. The number of benzene rings is 1. The van der Waals surface area contributed by atoms with E-state index in [4.69, 9.17) is 17.3 Å². The summed E-state index contributed by atoms with van der Waals surface area (Å²) in [6, 6.07) is 6.20. The van der Waals surface area contributed by atoms with Gasteiger partial charge in [-0.15, -0.1) is 0 Å². The lowest BCUT2D eigenvalue weighted by molar-refractivity contribution is 0.481. The quantitative estimate of drug-likeness (QED) is 0.677. The molecule has 2 rings (SSSR count). The van der Waals surface area contributed by atoms with Crippen LogP contribution >= 0.6 is 11.6 Å². The van der Waals surface area contributed by atoms with E-state index in [9.17, 15) is 0 Å². The minimum atomic E-state index is 0.180. The van der Waals surface area contributed by atoms with Crippen LogP contribution in [-0.4, -0.2) is 0 Å². The minimum Gasteiger partial charge on any atom is -0.324 e. The predicted octanol–water partition coefficient (Wildman–Crippen LogP) is 3.02. The first-order valence-electron chi connectivity index (χ1n) is 4.56. The monoisotopic (exact) mass is 195 g/mol. The molecular weight excluding hydrogens is 182 g/mol. The SMILES string of the molecule is CC1(C)CC(N)c2ccc(Cl)cc21. The van der Waals surface area contributed by atoms with E-state index in [1.54, 1.807) is 0 Å². The van der Waals surface area contributed by atoms with Crippen molar-refractivity contribution >= 4 is 11.6 Å². The molecule has 0 heterocycles. The third-order valence-electron chi connectivity index (χ3n) is 2.87. The van der Waals surface area contributed by atoms with Gasteiger partial charge < -0.3 is 5.73 Å². The molecule has 1 atom stereocenters. The summed E-state index contributed by atoms with van der Waals surface area (Å²) < 4.78 is 0. The van der Waals surface area contributed by atoms with Crippen LogP contribution in [0.1, 0.15) is 37.4 Å². The minimum absolute atomic E-state index is 0.180. The molecule has 2 heteroatoms. The summed E-state index contributed by atoms with van der Waals surface area (Å²) >= 11 is 5.96. The van der Waals surface area contributed by atoms with Crippen LogP contribution in [0.2, 0.25) is 5.02 Å². The number of halogens is 1. The van der Waals surface area contributed by atoms with Gasteiger partial charge in [0.25, 0.3) is 0 Å². The number of hydrogen-bond acceptors (Lipinski definition) is 1. The summed E-state index contributed by atoms with van der Waals surface area (Å²) in [6.45, 7) is 4.43. The maximum Gasteiger partial charge on any atom is 0.0409 e. The Morgan fingerprint density at radius 3 is 2.85 bits per heavy atom. The molecule has 1 nitrogen and oxygen atoms in total. The first kappa shape index (κ1) is 9.04. The van der Waals surface area contributed by atoms with Gasteiger partial charge in [0.1, 0.15) is 0 Å². The van der Waals surface area contributed by atoms with Crippen molar-refractivity contribution in [2.45, 2.75) is 31.7 Å². The van der Waals surface area contributed by atoms with Crippen molar-refractivity contribution in [1.82, 2.24) is 0 Å². The molecule has 1 aliphatic carbocycles. The molecule has 1 aromatic carbocycles. The van der Waals surface area contributed by atoms with Crippen molar-refractivity contribution in [3.05, 3.63) is 34.3 Å². The maximum atomic E-state index is 6.03. The van der Waals surface area contributed by atoms with E-state index in [0.29, 0.717) is 0 Å². The highest BCUT2D eigenvalue weighted by atomic mass is 35.5. The normalized spacial score (nSPS) is 24.5. The highest BCUT2D eigenvalue weighted by Crippen LogP contribution is 2.43. The molecule has 0 fully saturated rings. The fourth-order valence-electron chi connectivity index (χ4n) is 2.21. The predicted molar refractivity (Wildman–Crippen MR) is 56.0 cm³/mol. The Morgan fingerprint density at radius 1 is 1.46 bits per heavy atom. The second-order valence-corrected chi connectivity index (χ2v) is 4.86. The molecule has 70 valence electrons. The van der Waals surface area contributed by atoms with E-state index in [1.807, 2.05) is 12.1 Å². The van der Waals surface area contributed by atoms with Crippen LogP contribution in [0.15, 0.2) is 18.2 Å². The topological polar surface area (TPSA) is 26.0 Å². The average molecular weight is 196 g/mol. The first-order valence-corrected chi connectivity index (χ1v) is 4.94. The zero-order chi connectivity index (χ0) is 9.64. The molecule has 0 saturated carbocycles. The summed E-state index contributed by atoms with van der Waals surface area (Å²) in [7, 11) is 0. The van der Waals surface area contributed by atoms with E-state index in [1.165, 1.54) is 11.1 Å². The summed E-state index contributed by atoms with van der Waals surface area (Å²) in [5.74, 6) is 0. The van der Waals surface area contributed by atoms with Gasteiger partial charge in [0.15, 0.2) is 0 Å². The molecule has 1 unspecified atom stereocenters. The van der Waals surface area contributed by atoms with E-state index in [0.717, 1.165) is 11.4 Å². The van der Waals surface area contributed by atoms with Gasteiger partial charge in [-0.3, -0.25) is 0 Å². The van der Waals surface area contributed by atoms with Gasteiger partial charge in [0.05, 0.1) is 0 Å². The van der Waals surface area contributed by atoms with E-state index >= 15 is 0 Å². The lowest BCUT2D eigenvalue weighted by Gasteiger charge is -2.18.